The molecule has 1 amide bonds. The second kappa shape index (κ2) is 6.79. The number of nitrogens with one attached hydrogen (secondary N) is 1. The van der Waals surface area contributed by atoms with Crippen molar-refractivity contribution in [3.63, 3.8) is 0 Å². The average molecular weight is 346 g/mol. The molecule has 0 bridgehead atoms. The molecule has 3 rings (SSSR count). The summed E-state index contributed by atoms with van der Waals surface area (Å²) in [5.74, 6) is -0.500. The smallest absolute Gasteiger partial charge is 0.247 e. The Balaban J connectivity index is 1.69. The number of carbonyl (C=O) groups is 1. The summed E-state index contributed by atoms with van der Waals surface area (Å²) in [5, 5.41) is 8.99. The predicted molar refractivity (Wildman–Crippen MR) is 89.7 cm³/mol. The van der Waals surface area contributed by atoms with E-state index in [9.17, 15) is 9.18 Å². The maximum atomic E-state index is 13.8. The van der Waals surface area contributed by atoms with Gasteiger partial charge in [0.1, 0.15) is 6.54 Å². The minimum absolute atomic E-state index is 0.111. The number of hydrogen-bond acceptors (Lipinski definition) is 5. The molecule has 24 heavy (non-hydrogen) atoms. The summed E-state index contributed by atoms with van der Waals surface area (Å²) in [5.41, 5.74) is 2.19. The molecule has 0 spiro atoms. The van der Waals surface area contributed by atoms with E-state index in [0.29, 0.717) is 16.4 Å². The van der Waals surface area contributed by atoms with Gasteiger partial charge in [0.25, 0.3) is 0 Å². The van der Waals surface area contributed by atoms with Crippen molar-refractivity contribution in [1.82, 2.24) is 14.8 Å². The molecule has 0 radical (unpaired) electrons. The molecule has 6 nitrogen and oxygen atoms in total. The average Bonchev–Trinajstić information content (AvgIpc) is 3.16. The quantitative estimate of drug-likeness (QED) is 0.771. The molecule has 0 aliphatic heterocycles. The molecule has 2 aromatic heterocycles. The first-order chi connectivity index (χ1) is 11.5. The lowest BCUT2D eigenvalue weighted by molar-refractivity contribution is -0.116. The lowest BCUT2D eigenvalue weighted by Crippen LogP contribution is -2.18. The Labute approximate surface area is 141 Å². The zero-order valence-corrected chi connectivity index (χ0v) is 13.9. The van der Waals surface area contributed by atoms with E-state index in [1.807, 2.05) is 6.92 Å². The second-order valence-corrected chi connectivity index (χ2v) is 6.01. The van der Waals surface area contributed by atoms with Crippen molar-refractivity contribution in [2.75, 3.05) is 12.4 Å². The monoisotopic (exact) mass is 346 g/mol. The molecule has 1 aromatic carbocycles. The van der Waals surface area contributed by atoms with Gasteiger partial charge in [0.15, 0.2) is 16.7 Å². The lowest BCUT2D eigenvalue weighted by atomic mass is 10.1. The SMILES string of the molecule is COc1ccc(-c2csc(NC(=O)Cn3cc(C)cn3)n2)cc1F. The van der Waals surface area contributed by atoms with Crippen LogP contribution in [0.3, 0.4) is 0 Å². The van der Waals surface area contributed by atoms with Gasteiger partial charge in [-0.1, -0.05) is 0 Å². The molecule has 3 aromatic rings. The van der Waals surface area contributed by atoms with Gasteiger partial charge in [0.2, 0.25) is 5.91 Å². The van der Waals surface area contributed by atoms with Crippen LogP contribution >= 0.6 is 11.3 Å². The number of anilines is 1. The molecule has 0 aliphatic carbocycles. The Kier molecular flexibility index (Phi) is 4.57. The van der Waals surface area contributed by atoms with Crippen molar-refractivity contribution in [2.45, 2.75) is 13.5 Å². The van der Waals surface area contributed by atoms with Crippen molar-refractivity contribution >= 4 is 22.4 Å². The molecule has 0 aliphatic rings. The van der Waals surface area contributed by atoms with Crippen LogP contribution in [0, 0.1) is 12.7 Å². The molecule has 0 saturated carbocycles. The zero-order chi connectivity index (χ0) is 17.1. The topological polar surface area (TPSA) is 69.0 Å². The molecule has 0 atom stereocenters. The fraction of sp³-hybridized carbons (Fsp3) is 0.188. The third-order valence-corrected chi connectivity index (χ3v) is 4.02. The van der Waals surface area contributed by atoms with Crippen LogP contribution in [0.25, 0.3) is 11.3 Å². The van der Waals surface area contributed by atoms with Crippen LogP contribution in [-0.4, -0.2) is 27.8 Å². The van der Waals surface area contributed by atoms with Crippen molar-refractivity contribution in [3.05, 3.63) is 47.4 Å². The van der Waals surface area contributed by atoms with Gasteiger partial charge in [0, 0.05) is 17.1 Å². The zero-order valence-electron chi connectivity index (χ0n) is 13.1. The highest BCUT2D eigenvalue weighted by Crippen LogP contribution is 2.28. The largest absolute Gasteiger partial charge is 0.494 e. The first-order valence-corrected chi connectivity index (χ1v) is 8.01. The fourth-order valence-corrected chi connectivity index (χ4v) is 2.88. The maximum Gasteiger partial charge on any atom is 0.247 e. The Morgan fingerprint density at radius 2 is 2.29 bits per heavy atom. The van der Waals surface area contributed by atoms with Crippen molar-refractivity contribution < 1.29 is 13.9 Å². The van der Waals surface area contributed by atoms with Crippen LogP contribution in [0.5, 0.6) is 5.75 Å². The van der Waals surface area contributed by atoms with Gasteiger partial charge in [-0.25, -0.2) is 9.37 Å². The van der Waals surface area contributed by atoms with Gasteiger partial charge in [0.05, 0.1) is 19.0 Å². The first kappa shape index (κ1) is 16.1. The molecule has 124 valence electrons. The number of aromatic nitrogens is 3. The van der Waals surface area contributed by atoms with Gasteiger partial charge in [-0.2, -0.15) is 5.10 Å². The van der Waals surface area contributed by atoms with E-state index in [0.717, 1.165) is 5.56 Å². The minimum Gasteiger partial charge on any atom is -0.494 e. The first-order valence-electron chi connectivity index (χ1n) is 7.13. The highest BCUT2D eigenvalue weighted by atomic mass is 32.1. The fourth-order valence-electron chi connectivity index (χ4n) is 2.15. The summed E-state index contributed by atoms with van der Waals surface area (Å²) in [7, 11) is 1.41. The van der Waals surface area contributed by atoms with Gasteiger partial charge in [-0.05, 0) is 30.7 Å². The van der Waals surface area contributed by atoms with Crippen LogP contribution in [-0.2, 0) is 11.3 Å². The normalized spacial score (nSPS) is 10.6. The van der Waals surface area contributed by atoms with E-state index in [4.69, 9.17) is 4.74 Å². The number of carbonyl (C=O) groups excluding carboxylic acids is 1. The molecule has 2 heterocycles. The Bertz CT molecular complexity index is 875. The number of methoxy groups -OCH3 is 1. The van der Waals surface area contributed by atoms with E-state index >= 15 is 0 Å². The number of ether oxygens (including phenoxy) is 1. The lowest BCUT2D eigenvalue weighted by Gasteiger charge is -2.03. The summed E-state index contributed by atoms with van der Waals surface area (Å²) >= 11 is 1.28. The Morgan fingerprint density at radius 1 is 1.46 bits per heavy atom. The van der Waals surface area contributed by atoms with E-state index in [1.54, 1.807) is 34.6 Å². The molecule has 1 N–H and O–H groups in total. The molecule has 0 saturated heterocycles. The van der Waals surface area contributed by atoms with Crippen molar-refractivity contribution in [2.24, 2.45) is 0 Å². The molecule has 0 fully saturated rings. The maximum absolute atomic E-state index is 13.8. The van der Waals surface area contributed by atoms with Crippen molar-refractivity contribution in [3.8, 4) is 17.0 Å². The number of halogens is 1. The number of aryl methyl sites for hydroxylation is 1. The highest BCUT2D eigenvalue weighted by Gasteiger charge is 2.11. The molecular formula is C16H15FN4O2S. The minimum atomic E-state index is -0.456. The van der Waals surface area contributed by atoms with E-state index in [-0.39, 0.29) is 18.2 Å². The van der Waals surface area contributed by atoms with E-state index in [2.05, 4.69) is 15.4 Å². The summed E-state index contributed by atoms with van der Waals surface area (Å²) in [4.78, 5) is 16.3. The molecule has 0 unspecified atom stereocenters. The van der Waals surface area contributed by atoms with Crippen LogP contribution < -0.4 is 10.1 Å². The third-order valence-electron chi connectivity index (χ3n) is 3.27. The summed E-state index contributed by atoms with van der Waals surface area (Å²) in [6, 6.07) is 4.61. The molecular weight excluding hydrogens is 331 g/mol. The second-order valence-electron chi connectivity index (χ2n) is 5.15. The van der Waals surface area contributed by atoms with Gasteiger partial charge < -0.3 is 10.1 Å². The van der Waals surface area contributed by atoms with Crippen LogP contribution in [0.2, 0.25) is 0 Å². The number of benzene rings is 1. The van der Waals surface area contributed by atoms with Crippen LogP contribution in [0.15, 0.2) is 36.0 Å². The molecule has 8 heteroatoms. The summed E-state index contributed by atoms with van der Waals surface area (Å²) < 4.78 is 20.2. The highest BCUT2D eigenvalue weighted by molar-refractivity contribution is 7.14. The van der Waals surface area contributed by atoms with Crippen LogP contribution in [0.4, 0.5) is 9.52 Å². The van der Waals surface area contributed by atoms with E-state index in [1.165, 1.54) is 24.5 Å². The number of amides is 1. The number of nitrogens with zero attached hydrogens (tertiary/aromatic N) is 3. The summed E-state index contributed by atoms with van der Waals surface area (Å²) in [6.45, 7) is 2.02. The Morgan fingerprint density at radius 3 is 2.96 bits per heavy atom. The number of thiazole rings is 1. The summed E-state index contributed by atoms with van der Waals surface area (Å²) in [6.07, 6.45) is 3.47. The van der Waals surface area contributed by atoms with E-state index < -0.39 is 5.82 Å². The van der Waals surface area contributed by atoms with Gasteiger partial charge >= 0.3 is 0 Å². The Hall–Kier alpha value is -2.74. The standard InChI is InChI=1S/C16H15FN4O2S/c1-10-6-18-21(7-10)8-15(22)20-16-19-13(9-24-16)11-3-4-14(23-2)12(17)5-11/h3-7,9H,8H2,1-2H3,(H,19,20,22). The number of rotatable bonds is 5. The van der Waals surface area contributed by atoms with Gasteiger partial charge in [-0.15, -0.1) is 11.3 Å². The number of hydrogen-bond donors (Lipinski definition) is 1. The third kappa shape index (κ3) is 3.60. The predicted octanol–water partition coefficient (Wildman–Crippen LogP) is 3.10. The van der Waals surface area contributed by atoms with Crippen molar-refractivity contribution in [1.29, 1.82) is 0 Å². The van der Waals surface area contributed by atoms with Crippen LogP contribution in [0.1, 0.15) is 5.56 Å². The van der Waals surface area contributed by atoms with Gasteiger partial charge in [-0.3, -0.25) is 9.48 Å².